The monoisotopic (exact) mass is 249 g/mol. The van der Waals surface area contributed by atoms with E-state index in [-0.39, 0.29) is 5.91 Å². The smallest absolute Gasteiger partial charge is 0.326 e. The first kappa shape index (κ1) is 11.3. The second kappa shape index (κ2) is 4.12. The van der Waals surface area contributed by atoms with E-state index in [2.05, 4.69) is 9.97 Å². The fraction of sp³-hybridized carbons (Fsp3) is 0.583. The summed E-state index contributed by atoms with van der Waals surface area (Å²) >= 11 is 0. The Balaban J connectivity index is 1.81. The molecule has 2 heterocycles. The molecule has 0 saturated heterocycles. The third-order valence-corrected chi connectivity index (χ3v) is 3.66. The van der Waals surface area contributed by atoms with Crippen molar-refractivity contribution < 1.29 is 14.7 Å². The molecule has 1 aromatic heterocycles. The van der Waals surface area contributed by atoms with Crippen molar-refractivity contribution in [3.8, 4) is 0 Å². The quantitative estimate of drug-likeness (QED) is 0.819. The van der Waals surface area contributed by atoms with Crippen molar-refractivity contribution in [3.05, 3.63) is 17.7 Å². The zero-order chi connectivity index (χ0) is 12.7. The second-order valence-corrected chi connectivity index (χ2v) is 5.06. The highest BCUT2D eigenvalue weighted by Gasteiger charge is 2.37. The predicted octanol–water partition coefficient (Wildman–Crippen LogP) is 0.548. The summed E-state index contributed by atoms with van der Waals surface area (Å²) in [5, 5.41) is 9.24. The van der Waals surface area contributed by atoms with Crippen LogP contribution >= 0.6 is 0 Å². The van der Waals surface area contributed by atoms with Crippen LogP contribution in [0.3, 0.4) is 0 Å². The molecular formula is C12H15N3O3. The predicted molar refractivity (Wildman–Crippen MR) is 61.6 cm³/mol. The van der Waals surface area contributed by atoms with Crippen molar-refractivity contribution in [2.45, 2.75) is 38.3 Å². The first-order valence-corrected chi connectivity index (χ1v) is 6.18. The number of carbonyl (C=O) groups excluding carboxylic acids is 1. The van der Waals surface area contributed by atoms with Crippen LogP contribution in [0.15, 0.2) is 6.33 Å². The summed E-state index contributed by atoms with van der Waals surface area (Å²) in [6, 6.07) is -0.771. The first-order valence-electron chi connectivity index (χ1n) is 6.18. The van der Waals surface area contributed by atoms with E-state index in [9.17, 15) is 14.7 Å². The average Bonchev–Trinajstić information content (AvgIpc) is 3.03. The summed E-state index contributed by atoms with van der Waals surface area (Å²) in [6.45, 7) is 0.331. The molecule has 0 spiro atoms. The van der Waals surface area contributed by atoms with Crippen LogP contribution in [-0.4, -0.2) is 37.9 Å². The normalized spacial score (nSPS) is 22.7. The molecule has 6 heteroatoms. The maximum atomic E-state index is 12.1. The molecule has 1 unspecified atom stereocenters. The van der Waals surface area contributed by atoms with E-state index in [0.29, 0.717) is 25.3 Å². The Morgan fingerprint density at radius 3 is 2.94 bits per heavy atom. The maximum Gasteiger partial charge on any atom is 0.326 e. The van der Waals surface area contributed by atoms with Crippen molar-refractivity contribution in [3.63, 3.8) is 0 Å². The molecule has 1 atom stereocenters. The van der Waals surface area contributed by atoms with Gasteiger partial charge in [0.25, 0.3) is 0 Å². The molecule has 0 bridgehead atoms. The lowest BCUT2D eigenvalue weighted by molar-refractivity contribution is -0.151. The Labute approximate surface area is 104 Å². The summed E-state index contributed by atoms with van der Waals surface area (Å²) in [5.41, 5.74) is 1.62. The largest absolute Gasteiger partial charge is 0.480 e. The van der Waals surface area contributed by atoms with Crippen LogP contribution in [0.5, 0.6) is 0 Å². The minimum atomic E-state index is -0.951. The molecule has 0 aromatic carbocycles. The molecule has 6 nitrogen and oxygen atoms in total. The second-order valence-electron chi connectivity index (χ2n) is 5.06. The number of nitrogens with zero attached hydrogens (tertiary/aromatic N) is 2. The van der Waals surface area contributed by atoms with Crippen LogP contribution in [0.4, 0.5) is 0 Å². The minimum Gasteiger partial charge on any atom is -0.480 e. The van der Waals surface area contributed by atoms with E-state index in [1.54, 1.807) is 6.33 Å². The number of aliphatic carboxylic acids is 1. The van der Waals surface area contributed by atoms with Gasteiger partial charge in [-0.3, -0.25) is 4.79 Å². The molecule has 18 heavy (non-hydrogen) atoms. The van der Waals surface area contributed by atoms with Gasteiger partial charge in [0.1, 0.15) is 6.04 Å². The zero-order valence-electron chi connectivity index (χ0n) is 9.93. The highest BCUT2D eigenvalue weighted by atomic mass is 16.4. The summed E-state index contributed by atoms with van der Waals surface area (Å²) in [7, 11) is 0. The van der Waals surface area contributed by atoms with Gasteiger partial charge in [-0.15, -0.1) is 0 Å². The van der Waals surface area contributed by atoms with Crippen molar-refractivity contribution in [1.82, 2.24) is 14.9 Å². The summed E-state index contributed by atoms with van der Waals surface area (Å²) in [4.78, 5) is 31.9. The molecule has 96 valence electrons. The van der Waals surface area contributed by atoms with Crippen LogP contribution in [0.25, 0.3) is 0 Å². The fourth-order valence-corrected chi connectivity index (χ4v) is 2.40. The summed E-state index contributed by atoms with van der Waals surface area (Å²) in [6.07, 6.45) is 4.51. The zero-order valence-corrected chi connectivity index (χ0v) is 9.93. The van der Waals surface area contributed by atoms with Gasteiger partial charge in [-0.1, -0.05) is 0 Å². The number of carboxylic acids is 1. The molecule has 1 amide bonds. The van der Waals surface area contributed by atoms with Gasteiger partial charge < -0.3 is 15.0 Å². The average molecular weight is 249 g/mol. The first-order chi connectivity index (χ1) is 8.65. The van der Waals surface area contributed by atoms with Crippen molar-refractivity contribution >= 4 is 11.9 Å². The SMILES string of the molecule is O=C(O)C1Cc2nc[nH]c2CN1C(=O)CC1CC1. The van der Waals surface area contributed by atoms with E-state index >= 15 is 0 Å². The van der Waals surface area contributed by atoms with Crippen molar-refractivity contribution in [2.75, 3.05) is 0 Å². The van der Waals surface area contributed by atoms with Crippen LogP contribution in [0.2, 0.25) is 0 Å². The number of hydrogen-bond donors (Lipinski definition) is 2. The molecule has 1 fully saturated rings. The minimum absolute atomic E-state index is 0.0508. The number of aromatic nitrogens is 2. The van der Waals surface area contributed by atoms with Crippen molar-refractivity contribution in [1.29, 1.82) is 0 Å². The number of fused-ring (bicyclic) bond motifs is 1. The molecule has 0 radical (unpaired) electrons. The molecule has 2 N–H and O–H groups in total. The number of amides is 1. The Bertz CT molecular complexity index is 493. The van der Waals surface area contributed by atoms with Crippen LogP contribution in [0.1, 0.15) is 30.7 Å². The third kappa shape index (κ3) is 1.98. The number of H-pyrrole nitrogens is 1. The molecule has 1 aliphatic heterocycles. The van der Waals surface area contributed by atoms with E-state index < -0.39 is 12.0 Å². The van der Waals surface area contributed by atoms with E-state index in [1.165, 1.54) is 4.90 Å². The fourth-order valence-electron chi connectivity index (χ4n) is 2.40. The standard InChI is InChI=1S/C12H15N3O3/c16-11(3-7-1-2-7)15-5-9-8(13-6-14-9)4-10(15)12(17)18/h6-7,10H,1-5H2,(H,13,14)(H,17,18). The Hall–Kier alpha value is -1.85. The lowest BCUT2D eigenvalue weighted by Crippen LogP contribution is -2.48. The molecule has 1 aliphatic carbocycles. The highest BCUT2D eigenvalue weighted by molar-refractivity contribution is 5.84. The number of imidazole rings is 1. The van der Waals surface area contributed by atoms with Crippen LogP contribution < -0.4 is 0 Å². The molecule has 2 aliphatic rings. The summed E-state index contributed by atoms with van der Waals surface area (Å²) < 4.78 is 0. The number of aromatic amines is 1. The lowest BCUT2D eigenvalue weighted by atomic mass is 10.0. The molecular weight excluding hydrogens is 234 g/mol. The molecule has 1 aromatic rings. The topological polar surface area (TPSA) is 86.3 Å². The van der Waals surface area contributed by atoms with Crippen LogP contribution in [-0.2, 0) is 22.6 Å². The number of nitrogens with one attached hydrogen (secondary N) is 1. The number of hydrogen-bond acceptors (Lipinski definition) is 3. The maximum absolute atomic E-state index is 12.1. The van der Waals surface area contributed by atoms with Gasteiger partial charge in [0.05, 0.1) is 24.3 Å². The van der Waals surface area contributed by atoms with E-state index in [4.69, 9.17) is 0 Å². The molecule has 1 saturated carbocycles. The third-order valence-electron chi connectivity index (χ3n) is 3.66. The van der Waals surface area contributed by atoms with Gasteiger partial charge in [0.15, 0.2) is 0 Å². The van der Waals surface area contributed by atoms with Gasteiger partial charge in [-0.05, 0) is 18.8 Å². The number of carboxylic acid groups (broad SMARTS) is 1. The van der Waals surface area contributed by atoms with Gasteiger partial charge >= 0.3 is 5.97 Å². The van der Waals surface area contributed by atoms with Crippen molar-refractivity contribution in [2.24, 2.45) is 5.92 Å². The lowest BCUT2D eigenvalue weighted by Gasteiger charge is -2.32. The molecule has 3 rings (SSSR count). The number of carbonyl (C=O) groups is 2. The Morgan fingerprint density at radius 1 is 1.50 bits per heavy atom. The van der Waals surface area contributed by atoms with E-state index in [1.807, 2.05) is 0 Å². The van der Waals surface area contributed by atoms with Gasteiger partial charge in [0, 0.05) is 12.8 Å². The Kier molecular flexibility index (Phi) is 2.57. The Morgan fingerprint density at radius 2 is 2.28 bits per heavy atom. The highest BCUT2D eigenvalue weighted by Crippen LogP contribution is 2.34. The van der Waals surface area contributed by atoms with Gasteiger partial charge in [-0.25, -0.2) is 9.78 Å². The van der Waals surface area contributed by atoms with E-state index in [0.717, 1.165) is 24.2 Å². The van der Waals surface area contributed by atoms with Crippen LogP contribution in [0, 0.1) is 5.92 Å². The van der Waals surface area contributed by atoms with Gasteiger partial charge in [0.2, 0.25) is 5.91 Å². The summed E-state index contributed by atoms with van der Waals surface area (Å²) in [5.74, 6) is -0.534. The van der Waals surface area contributed by atoms with Gasteiger partial charge in [-0.2, -0.15) is 0 Å². The number of rotatable bonds is 3.